The van der Waals surface area contributed by atoms with Crippen LogP contribution in [0, 0.1) is 0 Å². The summed E-state index contributed by atoms with van der Waals surface area (Å²) in [6, 6.07) is 11.8. The molecule has 5 rings (SSSR count). The van der Waals surface area contributed by atoms with Gasteiger partial charge in [-0.3, -0.25) is 14.4 Å². The third kappa shape index (κ3) is 2.93. The van der Waals surface area contributed by atoms with E-state index in [1.807, 2.05) is 19.0 Å². The first-order chi connectivity index (χ1) is 16.3. The molecule has 3 aliphatic heterocycles. The first-order valence-corrected chi connectivity index (χ1v) is 11.0. The van der Waals surface area contributed by atoms with Crippen LogP contribution in [0.5, 0.6) is 11.5 Å². The maximum Gasteiger partial charge on any atom is 0.296 e. The predicted molar refractivity (Wildman–Crippen MR) is 124 cm³/mol. The number of hydrogen-bond donors (Lipinski definition) is 1. The van der Waals surface area contributed by atoms with Gasteiger partial charge in [0.15, 0.2) is 17.0 Å². The van der Waals surface area contributed by atoms with E-state index in [4.69, 9.17) is 9.47 Å². The molecule has 0 aromatic heterocycles. The van der Waals surface area contributed by atoms with Crippen molar-refractivity contribution in [2.24, 2.45) is 0 Å². The van der Waals surface area contributed by atoms with Crippen LogP contribution in [0.4, 0.5) is 5.69 Å². The summed E-state index contributed by atoms with van der Waals surface area (Å²) in [4.78, 5) is 45.2. The van der Waals surface area contributed by atoms with E-state index in [1.165, 1.54) is 9.80 Å². The SMILES string of the molecule is CN(C)CCN1C(=O)C(=O)C(=C(O)c2ccc3c(c2)OCCO3)[C@@]12C(=O)N(C)c1ccccc12. The fourth-order valence-corrected chi connectivity index (χ4v) is 4.91. The van der Waals surface area contributed by atoms with Crippen LogP contribution < -0.4 is 14.4 Å². The van der Waals surface area contributed by atoms with Crippen molar-refractivity contribution in [2.75, 3.05) is 52.3 Å². The zero-order valence-corrected chi connectivity index (χ0v) is 19.2. The number of rotatable bonds is 4. The van der Waals surface area contributed by atoms with Crippen LogP contribution in [0.15, 0.2) is 48.0 Å². The van der Waals surface area contributed by atoms with Crippen molar-refractivity contribution in [3.63, 3.8) is 0 Å². The summed E-state index contributed by atoms with van der Waals surface area (Å²) in [6.45, 7) is 1.32. The minimum Gasteiger partial charge on any atom is -0.507 e. The molecule has 9 heteroatoms. The number of ketones is 1. The largest absolute Gasteiger partial charge is 0.507 e. The number of aliphatic hydroxyl groups excluding tert-OH is 1. The number of nitrogens with zero attached hydrogens (tertiary/aromatic N) is 3. The zero-order valence-electron chi connectivity index (χ0n) is 19.2. The standard InChI is InChI=1S/C25H25N3O6/c1-26(2)10-11-28-23(31)22(30)20(21(29)15-8-9-18-19(14-15)34-13-12-33-18)25(28)16-6-4-5-7-17(16)27(3)24(25)32/h4-9,14,29H,10-13H2,1-3H3/t25-/m0/s1. The molecular formula is C25H25N3O6. The zero-order chi connectivity index (χ0) is 24.2. The Labute approximate surface area is 196 Å². The van der Waals surface area contributed by atoms with E-state index in [0.29, 0.717) is 42.5 Å². The highest BCUT2D eigenvalue weighted by molar-refractivity contribution is 6.50. The lowest BCUT2D eigenvalue weighted by Gasteiger charge is -2.34. The second-order valence-electron chi connectivity index (χ2n) is 8.76. The van der Waals surface area contributed by atoms with Gasteiger partial charge in [0, 0.05) is 37.0 Å². The van der Waals surface area contributed by atoms with E-state index in [1.54, 1.807) is 49.5 Å². The van der Waals surface area contributed by atoms with Crippen molar-refractivity contribution in [3.05, 3.63) is 59.2 Å². The molecule has 34 heavy (non-hydrogen) atoms. The van der Waals surface area contributed by atoms with Gasteiger partial charge < -0.3 is 29.3 Å². The lowest BCUT2D eigenvalue weighted by Crippen LogP contribution is -2.52. The quantitative estimate of drug-likeness (QED) is 0.417. The van der Waals surface area contributed by atoms with Crippen molar-refractivity contribution < 1.29 is 29.0 Å². The number of carbonyl (C=O) groups excluding carboxylic acids is 3. The normalized spacial score (nSPS) is 22.8. The summed E-state index contributed by atoms with van der Waals surface area (Å²) in [5.74, 6) is -1.68. The second-order valence-corrected chi connectivity index (χ2v) is 8.76. The Bertz CT molecular complexity index is 1250. The second kappa shape index (κ2) is 7.88. The van der Waals surface area contributed by atoms with Gasteiger partial charge in [-0.05, 0) is 38.4 Å². The number of carbonyl (C=O) groups is 3. The number of benzene rings is 2. The Morgan fingerprint density at radius 2 is 1.76 bits per heavy atom. The molecule has 3 aliphatic rings. The van der Waals surface area contributed by atoms with Crippen molar-refractivity contribution in [2.45, 2.75) is 5.54 Å². The predicted octanol–water partition coefficient (Wildman–Crippen LogP) is 1.57. The van der Waals surface area contributed by atoms with E-state index >= 15 is 0 Å². The highest BCUT2D eigenvalue weighted by Crippen LogP contribution is 2.53. The summed E-state index contributed by atoms with van der Waals surface area (Å²) in [5, 5.41) is 11.5. The number of aliphatic hydroxyl groups is 1. The topological polar surface area (TPSA) is 99.6 Å². The van der Waals surface area contributed by atoms with Gasteiger partial charge in [-0.2, -0.15) is 0 Å². The lowest BCUT2D eigenvalue weighted by molar-refractivity contribution is -0.143. The van der Waals surface area contributed by atoms with Gasteiger partial charge in [0.2, 0.25) is 0 Å². The summed E-state index contributed by atoms with van der Waals surface area (Å²) >= 11 is 0. The Balaban J connectivity index is 1.77. The van der Waals surface area contributed by atoms with Crippen LogP contribution in [0.2, 0.25) is 0 Å². The van der Waals surface area contributed by atoms with E-state index < -0.39 is 28.9 Å². The monoisotopic (exact) mass is 463 g/mol. The van der Waals surface area contributed by atoms with Crippen molar-refractivity contribution in [1.29, 1.82) is 0 Å². The number of hydrogen-bond acceptors (Lipinski definition) is 7. The van der Waals surface area contributed by atoms with Crippen LogP contribution in [-0.4, -0.2) is 80.0 Å². The van der Waals surface area contributed by atoms with Crippen molar-refractivity contribution >= 4 is 29.0 Å². The summed E-state index contributed by atoms with van der Waals surface area (Å²) in [6.07, 6.45) is 0. The molecular weight excluding hydrogens is 438 g/mol. The van der Waals surface area contributed by atoms with Crippen LogP contribution in [0.25, 0.3) is 5.76 Å². The number of fused-ring (bicyclic) bond motifs is 3. The first kappa shape index (κ1) is 22.0. The van der Waals surface area contributed by atoms with E-state index in [-0.39, 0.29) is 17.7 Å². The summed E-state index contributed by atoms with van der Waals surface area (Å²) in [7, 11) is 5.29. The van der Waals surface area contributed by atoms with Gasteiger partial charge in [-0.1, -0.05) is 18.2 Å². The van der Waals surface area contributed by atoms with Crippen molar-refractivity contribution in [3.8, 4) is 11.5 Å². The van der Waals surface area contributed by atoms with Crippen LogP contribution >= 0.6 is 0 Å². The molecule has 1 fully saturated rings. The maximum atomic E-state index is 13.9. The van der Waals surface area contributed by atoms with Gasteiger partial charge in [-0.25, -0.2) is 0 Å². The molecule has 2 aromatic carbocycles. The molecule has 3 heterocycles. The molecule has 0 bridgehead atoms. The number of Topliss-reactive ketones (excluding diaryl/α,β-unsaturated/α-hetero) is 1. The Morgan fingerprint density at radius 3 is 2.50 bits per heavy atom. The third-order valence-corrected chi connectivity index (χ3v) is 6.53. The molecule has 1 spiro atoms. The highest BCUT2D eigenvalue weighted by Gasteiger charge is 2.66. The minimum atomic E-state index is -1.76. The average Bonchev–Trinajstić information content (AvgIpc) is 3.20. The van der Waals surface area contributed by atoms with E-state index in [0.717, 1.165) is 0 Å². The lowest BCUT2D eigenvalue weighted by atomic mass is 9.82. The molecule has 1 saturated heterocycles. The third-order valence-electron chi connectivity index (χ3n) is 6.53. The van der Waals surface area contributed by atoms with Gasteiger partial charge in [0.05, 0.1) is 5.57 Å². The van der Waals surface area contributed by atoms with Gasteiger partial charge in [0.25, 0.3) is 17.6 Å². The molecule has 1 atom stereocenters. The van der Waals surface area contributed by atoms with Crippen LogP contribution in [0.3, 0.4) is 0 Å². The van der Waals surface area contributed by atoms with Crippen molar-refractivity contribution in [1.82, 2.24) is 9.80 Å². The summed E-state index contributed by atoms with van der Waals surface area (Å²) in [5.41, 5.74) is -0.673. The molecule has 0 saturated carbocycles. The first-order valence-electron chi connectivity index (χ1n) is 11.0. The number of anilines is 1. The van der Waals surface area contributed by atoms with Gasteiger partial charge in [0.1, 0.15) is 19.0 Å². The Morgan fingerprint density at radius 1 is 1.06 bits per heavy atom. The fourth-order valence-electron chi connectivity index (χ4n) is 4.91. The van der Waals surface area contributed by atoms with Gasteiger partial charge in [-0.15, -0.1) is 0 Å². The number of amides is 2. The smallest absolute Gasteiger partial charge is 0.296 e. The summed E-state index contributed by atoms with van der Waals surface area (Å²) < 4.78 is 11.2. The van der Waals surface area contributed by atoms with Crippen LogP contribution in [0.1, 0.15) is 11.1 Å². The minimum absolute atomic E-state index is 0.128. The van der Waals surface area contributed by atoms with Gasteiger partial charge >= 0.3 is 0 Å². The van der Waals surface area contributed by atoms with E-state index in [2.05, 4.69) is 0 Å². The van der Waals surface area contributed by atoms with E-state index in [9.17, 15) is 19.5 Å². The highest BCUT2D eigenvalue weighted by atomic mass is 16.6. The molecule has 0 radical (unpaired) electrons. The molecule has 1 N–H and O–H groups in total. The average molecular weight is 463 g/mol. The molecule has 176 valence electrons. The van der Waals surface area contributed by atoms with Crippen LogP contribution in [-0.2, 0) is 19.9 Å². The number of likely N-dealkylation sites (N-methyl/N-ethyl adjacent to an activating group) is 2. The number of ether oxygens (including phenoxy) is 2. The molecule has 2 aromatic rings. The Hall–Kier alpha value is -3.85. The molecule has 9 nitrogen and oxygen atoms in total. The molecule has 0 unspecified atom stereocenters. The Kier molecular flexibility index (Phi) is 5.09. The molecule has 2 amide bonds. The number of para-hydroxylation sites is 1. The fraction of sp³-hybridized carbons (Fsp3) is 0.320. The maximum absolute atomic E-state index is 13.9. The number of likely N-dealkylation sites (tertiary alicyclic amines) is 1. The molecule has 0 aliphatic carbocycles.